The summed E-state index contributed by atoms with van der Waals surface area (Å²) in [6.07, 6.45) is -1.63. The van der Waals surface area contributed by atoms with Gasteiger partial charge in [0.05, 0.1) is 19.0 Å². The number of fused-ring (bicyclic) bond motifs is 6. The molecule has 0 atom stereocenters. The van der Waals surface area contributed by atoms with E-state index in [9.17, 15) is 13.2 Å². The number of alkyl halides is 3. The Kier molecular flexibility index (Phi) is 7.04. The Morgan fingerprint density at radius 1 is 1.12 bits per heavy atom. The first-order valence-corrected chi connectivity index (χ1v) is 9.66. The number of aliphatic carboxylic acids is 1. The predicted molar refractivity (Wildman–Crippen MR) is 114 cm³/mol. The van der Waals surface area contributed by atoms with Crippen molar-refractivity contribution in [1.82, 2.24) is 9.97 Å². The molecule has 32 heavy (non-hydrogen) atoms. The summed E-state index contributed by atoms with van der Waals surface area (Å²) in [5.41, 5.74) is 4.25. The second-order valence-corrected chi connectivity index (χ2v) is 7.09. The molecular formula is C21H18ClF3N4O3. The van der Waals surface area contributed by atoms with Crippen LogP contribution in [-0.2, 0) is 17.6 Å². The number of hydrogen-bond donors (Lipinski definition) is 3. The Morgan fingerprint density at radius 2 is 1.81 bits per heavy atom. The standard InChI is InChI=1S/C19H17ClN4O.C2HF3O2/c1-25-17-8-7-13-6-5-12-3-2-4-14(9-12)22-19-21-11-15(20)18(24-19)23-16(17)10-13;3-2(4,5)1(6)7/h2-4,7-11H,5-6H2,1H3,(H2,21,22,23,24);(H,6,7). The molecule has 6 bridgehead atoms. The van der Waals surface area contributed by atoms with Gasteiger partial charge in [-0.2, -0.15) is 18.2 Å². The van der Waals surface area contributed by atoms with Gasteiger partial charge in [-0.15, -0.1) is 0 Å². The van der Waals surface area contributed by atoms with E-state index in [0.29, 0.717) is 16.8 Å². The first-order chi connectivity index (χ1) is 15.2. The third kappa shape index (κ3) is 6.01. The molecule has 7 nitrogen and oxygen atoms in total. The third-order valence-corrected chi connectivity index (χ3v) is 4.67. The fourth-order valence-corrected chi connectivity index (χ4v) is 3.01. The highest BCUT2D eigenvalue weighted by atomic mass is 35.5. The average Bonchev–Trinajstić information content (AvgIpc) is 2.75. The highest BCUT2D eigenvalue weighted by Gasteiger charge is 2.38. The number of carbonyl (C=O) groups is 1. The first kappa shape index (κ1) is 23.1. The Balaban J connectivity index is 0.000000360. The van der Waals surface area contributed by atoms with Crippen molar-refractivity contribution >= 4 is 40.7 Å². The van der Waals surface area contributed by atoms with Crippen LogP contribution in [0.25, 0.3) is 0 Å². The minimum atomic E-state index is -5.08. The SMILES string of the molecule is COc1ccc2cc1Nc1nc(ncc1Cl)Nc1cccc(c1)CC2.O=C(O)C(F)(F)F. The maximum absolute atomic E-state index is 10.6. The summed E-state index contributed by atoms with van der Waals surface area (Å²) in [6.45, 7) is 0. The third-order valence-electron chi connectivity index (χ3n) is 4.39. The number of anilines is 4. The quantitative estimate of drug-likeness (QED) is 0.444. The van der Waals surface area contributed by atoms with E-state index in [1.54, 1.807) is 13.3 Å². The fraction of sp³-hybridized carbons (Fsp3) is 0.190. The highest BCUT2D eigenvalue weighted by molar-refractivity contribution is 6.32. The lowest BCUT2D eigenvalue weighted by Crippen LogP contribution is -2.21. The molecule has 2 aromatic carbocycles. The summed E-state index contributed by atoms with van der Waals surface area (Å²) in [6, 6.07) is 14.4. The van der Waals surface area contributed by atoms with Crippen LogP contribution in [0.3, 0.4) is 0 Å². The van der Waals surface area contributed by atoms with Crippen LogP contribution < -0.4 is 15.4 Å². The predicted octanol–water partition coefficient (Wildman–Crippen LogP) is 5.36. The molecular weight excluding hydrogens is 449 g/mol. The molecule has 1 aromatic heterocycles. The van der Waals surface area contributed by atoms with Gasteiger partial charge in [0.15, 0.2) is 5.82 Å². The molecule has 1 aliphatic heterocycles. The maximum atomic E-state index is 10.6. The molecule has 0 unspecified atom stereocenters. The number of nitrogens with zero attached hydrogens (tertiary/aromatic N) is 2. The number of carboxylic acid groups (broad SMARTS) is 1. The first-order valence-electron chi connectivity index (χ1n) is 9.28. The molecule has 11 heteroatoms. The smallest absolute Gasteiger partial charge is 0.490 e. The Bertz CT molecular complexity index is 1130. The molecule has 0 aliphatic carbocycles. The van der Waals surface area contributed by atoms with E-state index in [2.05, 4.69) is 44.9 Å². The molecule has 168 valence electrons. The lowest BCUT2D eigenvalue weighted by atomic mass is 10.0. The Morgan fingerprint density at radius 3 is 2.47 bits per heavy atom. The fourth-order valence-electron chi connectivity index (χ4n) is 2.87. The highest BCUT2D eigenvalue weighted by Crippen LogP contribution is 2.32. The van der Waals surface area contributed by atoms with Gasteiger partial charge in [-0.1, -0.05) is 29.8 Å². The van der Waals surface area contributed by atoms with Crippen molar-refractivity contribution in [2.45, 2.75) is 19.0 Å². The molecule has 1 aliphatic rings. The minimum Gasteiger partial charge on any atom is -0.495 e. The number of rotatable bonds is 1. The van der Waals surface area contributed by atoms with Crippen LogP contribution in [-0.4, -0.2) is 34.3 Å². The van der Waals surface area contributed by atoms with E-state index in [-0.39, 0.29) is 0 Å². The molecule has 2 heterocycles. The van der Waals surface area contributed by atoms with Crippen LogP contribution >= 0.6 is 11.6 Å². The van der Waals surface area contributed by atoms with E-state index in [4.69, 9.17) is 26.2 Å². The number of aryl methyl sites for hydroxylation is 2. The van der Waals surface area contributed by atoms with Crippen LogP contribution in [0.2, 0.25) is 5.02 Å². The number of benzene rings is 2. The van der Waals surface area contributed by atoms with Crippen LogP contribution in [0.15, 0.2) is 48.7 Å². The zero-order valence-corrected chi connectivity index (χ0v) is 17.5. The zero-order valence-electron chi connectivity index (χ0n) is 16.7. The number of methoxy groups -OCH3 is 1. The lowest BCUT2D eigenvalue weighted by Gasteiger charge is -2.13. The molecule has 0 spiro atoms. The number of hydrogen-bond acceptors (Lipinski definition) is 6. The van der Waals surface area contributed by atoms with Crippen LogP contribution in [0, 0.1) is 0 Å². The largest absolute Gasteiger partial charge is 0.495 e. The number of aromatic nitrogens is 2. The van der Waals surface area contributed by atoms with Crippen LogP contribution in [0.5, 0.6) is 5.75 Å². The van der Waals surface area contributed by atoms with E-state index in [0.717, 1.165) is 30.0 Å². The topological polar surface area (TPSA) is 96.4 Å². The van der Waals surface area contributed by atoms with Gasteiger partial charge in [-0.25, -0.2) is 9.78 Å². The second-order valence-electron chi connectivity index (χ2n) is 6.68. The summed E-state index contributed by atoms with van der Waals surface area (Å²) >= 11 is 6.27. The van der Waals surface area contributed by atoms with Gasteiger partial charge in [-0.05, 0) is 48.2 Å². The van der Waals surface area contributed by atoms with Crippen molar-refractivity contribution in [3.63, 3.8) is 0 Å². The Hall–Kier alpha value is -3.53. The van der Waals surface area contributed by atoms with E-state index in [1.165, 1.54) is 11.1 Å². The van der Waals surface area contributed by atoms with Crippen LogP contribution in [0.1, 0.15) is 11.1 Å². The average molecular weight is 467 g/mol. The number of halogens is 4. The van der Waals surface area contributed by atoms with Gasteiger partial charge >= 0.3 is 12.1 Å². The lowest BCUT2D eigenvalue weighted by molar-refractivity contribution is -0.192. The molecule has 0 saturated heterocycles. The van der Waals surface area contributed by atoms with Crippen molar-refractivity contribution in [3.05, 3.63) is 64.8 Å². The van der Waals surface area contributed by atoms with Gasteiger partial charge in [-0.3, -0.25) is 0 Å². The van der Waals surface area contributed by atoms with Gasteiger partial charge in [0.25, 0.3) is 0 Å². The van der Waals surface area contributed by atoms with Crippen molar-refractivity contribution in [3.8, 4) is 5.75 Å². The normalized spacial score (nSPS) is 12.4. The van der Waals surface area contributed by atoms with Crippen molar-refractivity contribution < 1.29 is 27.8 Å². The minimum absolute atomic E-state index is 0.446. The Labute approximate surface area is 186 Å². The van der Waals surface area contributed by atoms with Crippen molar-refractivity contribution in [1.29, 1.82) is 0 Å². The summed E-state index contributed by atoms with van der Waals surface area (Å²) in [7, 11) is 1.65. The maximum Gasteiger partial charge on any atom is 0.490 e. The van der Waals surface area contributed by atoms with E-state index in [1.807, 2.05) is 18.2 Å². The number of carboxylic acids is 1. The molecule has 3 N–H and O–H groups in total. The second kappa shape index (κ2) is 9.73. The van der Waals surface area contributed by atoms with E-state index >= 15 is 0 Å². The molecule has 0 radical (unpaired) electrons. The summed E-state index contributed by atoms with van der Waals surface area (Å²) in [4.78, 5) is 17.7. The number of ether oxygens (including phenoxy) is 1. The van der Waals surface area contributed by atoms with Gasteiger partial charge in [0.2, 0.25) is 5.95 Å². The van der Waals surface area contributed by atoms with E-state index < -0.39 is 12.1 Å². The van der Waals surface area contributed by atoms with Crippen molar-refractivity contribution in [2.24, 2.45) is 0 Å². The molecule has 4 rings (SSSR count). The van der Waals surface area contributed by atoms with Crippen LogP contribution in [0.4, 0.5) is 36.3 Å². The monoisotopic (exact) mass is 466 g/mol. The van der Waals surface area contributed by atoms with Crippen molar-refractivity contribution in [2.75, 3.05) is 17.7 Å². The number of nitrogens with one attached hydrogen (secondary N) is 2. The zero-order chi connectivity index (χ0) is 23.3. The molecule has 0 fully saturated rings. The summed E-state index contributed by atoms with van der Waals surface area (Å²) in [5, 5.41) is 14.1. The van der Waals surface area contributed by atoms with Gasteiger partial charge in [0, 0.05) is 5.69 Å². The van der Waals surface area contributed by atoms with Gasteiger partial charge < -0.3 is 20.5 Å². The molecule has 0 saturated carbocycles. The summed E-state index contributed by atoms with van der Waals surface area (Å²) < 4.78 is 37.2. The molecule has 0 amide bonds. The van der Waals surface area contributed by atoms with Gasteiger partial charge in [0.1, 0.15) is 10.8 Å². The summed E-state index contributed by atoms with van der Waals surface area (Å²) in [5.74, 6) is -1.00. The molecule has 3 aromatic rings.